The van der Waals surface area contributed by atoms with Crippen molar-refractivity contribution in [2.45, 2.75) is 6.92 Å². The van der Waals surface area contributed by atoms with Crippen LogP contribution in [0.5, 0.6) is 0 Å². The maximum atomic E-state index is 11.0. The molecule has 2 rings (SSSR count). The van der Waals surface area contributed by atoms with Gasteiger partial charge >= 0.3 is 5.97 Å². The van der Waals surface area contributed by atoms with Gasteiger partial charge in [0.2, 0.25) is 0 Å². The van der Waals surface area contributed by atoms with Crippen LogP contribution in [0.25, 0.3) is 10.9 Å². The lowest BCUT2D eigenvalue weighted by Crippen LogP contribution is -2.00. The van der Waals surface area contributed by atoms with Crippen LogP contribution in [0.4, 0.5) is 0 Å². The van der Waals surface area contributed by atoms with Crippen molar-refractivity contribution >= 4 is 28.5 Å². The van der Waals surface area contributed by atoms with Gasteiger partial charge in [0, 0.05) is 11.1 Å². The number of carbonyl (C=O) groups is 1. The molecule has 0 aliphatic heterocycles. The van der Waals surface area contributed by atoms with Crippen LogP contribution >= 0.6 is 11.6 Å². The molecule has 0 amide bonds. The second-order valence-corrected chi connectivity index (χ2v) is 3.66. The zero-order valence-corrected chi connectivity index (χ0v) is 8.75. The van der Waals surface area contributed by atoms with E-state index in [2.05, 4.69) is 4.98 Å². The molecule has 15 heavy (non-hydrogen) atoms. The second-order valence-electron chi connectivity index (χ2n) is 3.25. The number of carboxylic acids is 1. The smallest absolute Gasteiger partial charge is 0.336 e. The molecule has 0 unspecified atom stereocenters. The van der Waals surface area contributed by atoms with Crippen molar-refractivity contribution < 1.29 is 9.90 Å². The van der Waals surface area contributed by atoms with Gasteiger partial charge in [0.15, 0.2) is 0 Å². The number of nitrogens with zero attached hydrogens (tertiary/aromatic N) is 1. The van der Waals surface area contributed by atoms with E-state index in [1.54, 1.807) is 25.1 Å². The Labute approximate surface area is 91.3 Å². The van der Waals surface area contributed by atoms with Gasteiger partial charge in [-0.1, -0.05) is 17.7 Å². The molecule has 0 atom stereocenters. The Kier molecular flexibility index (Phi) is 2.32. The Morgan fingerprint density at radius 1 is 1.47 bits per heavy atom. The van der Waals surface area contributed by atoms with Crippen molar-refractivity contribution in [2.75, 3.05) is 0 Å². The summed E-state index contributed by atoms with van der Waals surface area (Å²) in [6.45, 7) is 1.76. The van der Waals surface area contributed by atoms with Crippen molar-refractivity contribution in [3.05, 3.63) is 40.5 Å². The fourth-order valence-electron chi connectivity index (χ4n) is 1.54. The number of aromatic carboxylic acids is 1. The largest absolute Gasteiger partial charge is 0.478 e. The number of hydrogen-bond donors (Lipinski definition) is 1. The van der Waals surface area contributed by atoms with Gasteiger partial charge < -0.3 is 5.11 Å². The summed E-state index contributed by atoms with van der Waals surface area (Å²) in [5, 5.41) is 9.96. The summed E-state index contributed by atoms with van der Waals surface area (Å²) < 4.78 is 0. The van der Waals surface area contributed by atoms with Gasteiger partial charge in [0.05, 0.1) is 16.1 Å². The maximum absolute atomic E-state index is 11.0. The van der Waals surface area contributed by atoms with E-state index in [0.29, 0.717) is 21.6 Å². The summed E-state index contributed by atoms with van der Waals surface area (Å²) >= 11 is 5.96. The number of fused-ring (bicyclic) bond motifs is 1. The first-order valence-electron chi connectivity index (χ1n) is 4.39. The number of aryl methyl sites for hydroxylation is 1. The van der Waals surface area contributed by atoms with Crippen molar-refractivity contribution in [1.82, 2.24) is 4.98 Å². The monoisotopic (exact) mass is 221 g/mol. The van der Waals surface area contributed by atoms with Gasteiger partial charge in [-0.2, -0.15) is 0 Å². The normalized spacial score (nSPS) is 10.5. The summed E-state index contributed by atoms with van der Waals surface area (Å²) in [4.78, 5) is 15.3. The topological polar surface area (TPSA) is 50.2 Å². The molecule has 0 radical (unpaired) electrons. The minimum absolute atomic E-state index is 0.197. The summed E-state index contributed by atoms with van der Waals surface area (Å²) in [7, 11) is 0. The van der Waals surface area contributed by atoms with Crippen molar-refractivity contribution in [2.24, 2.45) is 0 Å². The minimum atomic E-state index is -0.987. The number of aromatic nitrogens is 1. The molecule has 1 N–H and O–H groups in total. The Morgan fingerprint density at radius 3 is 2.87 bits per heavy atom. The van der Waals surface area contributed by atoms with Gasteiger partial charge in [-0.15, -0.1) is 0 Å². The van der Waals surface area contributed by atoms with Crippen LogP contribution in [-0.4, -0.2) is 16.1 Å². The molecule has 0 fully saturated rings. The number of pyridine rings is 1. The Balaban J connectivity index is 2.94. The van der Waals surface area contributed by atoms with Gasteiger partial charge in [0.1, 0.15) is 0 Å². The molecule has 3 nitrogen and oxygen atoms in total. The molecule has 1 heterocycles. The number of rotatable bonds is 1. The molecule has 0 saturated heterocycles. The van der Waals surface area contributed by atoms with Gasteiger partial charge in [-0.3, -0.25) is 4.98 Å². The lowest BCUT2D eigenvalue weighted by molar-refractivity contribution is 0.0699. The third kappa shape index (κ3) is 1.66. The predicted octanol–water partition coefficient (Wildman–Crippen LogP) is 2.89. The van der Waals surface area contributed by atoms with Crippen LogP contribution in [0.1, 0.15) is 16.1 Å². The first-order chi connectivity index (χ1) is 7.09. The molecule has 0 saturated carbocycles. The minimum Gasteiger partial charge on any atom is -0.478 e. The van der Waals surface area contributed by atoms with E-state index in [9.17, 15) is 4.79 Å². The summed E-state index contributed by atoms with van der Waals surface area (Å²) in [5.74, 6) is -0.987. The quantitative estimate of drug-likeness (QED) is 0.806. The molecule has 0 bridgehead atoms. The maximum Gasteiger partial charge on any atom is 0.336 e. The van der Waals surface area contributed by atoms with E-state index in [1.807, 2.05) is 0 Å². The predicted molar refractivity (Wildman–Crippen MR) is 58.4 cm³/mol. The highest BCUT2D eigenvalue weighted by Gasteiger charge is 2.12. The molecule has 1 aromatic carbocycles. The molecule has 4 heteroatoms. The third-order valence-corrected chi connectivity index (χ3v) is 2.46. The molecule has 2 aromatic rings. The van der Waals surface area contributed by atoms with Crippen molar-refractivity contribution in [1.29, 1.82) is 0 Å². The Morgan fingerprint density at radius 2 is 2.20 bits per heavy atom. The molecule has 1 aromatic heterocycles. The van der Waals surface area contributed by atoms with Crippen molar-refractivity contribution in [3.8, 4) is 0 Å². The highest BCUT2D eigenvalue weighted by atomic mass is 35.5. The highest BCUT2D eigenvalue weighted by Crippen LogP contribution is 2.26. The van der Waals surface area contributed by atoms with E-state index in [0.717, 1.165) is 0 Å². The summed E-state index contributed by atoms with van der Waals surface area (Å²) in [5.41, 5.74) is 1.48. The first-order valence-corrected chi connectivity index (χ1v) is 4.76. The SMILES string of the molecule is Cc1cc(C(=O)O)c2c(Cl)cccc2n1. The van der Waals surface area contributed by atoms with Crippen molar-refractivity contribution in [3.63, 3.8) is 0 Å². The number of hydrogen-bond acceptors (Lipinski definition) is 2. The second kappa shape index (κ2) is 3.51. The van der Waals surface area contributed by atoms with Crippen LogP contribution in [0.2, 0.25) is 5.02 Å². The Hall–Kier alpha value is -1.61. The molecular weight excluding hydrogens is 214 g/mol. The van der Waals surface area contributed by atoms with E-state index < -0.39 is 5.97 Å². The fraction of sp³-hybridized carbons (Fsp3) is 0.0909. The van der Waals surface area contributed by atoms with Gasteiger partial charge in [0.25, 0.3) is 0 Å². The standard InChI is InChI=1S/C11H8ClNO2/c1-6-5-7(11(14)15)10-8(12)3-2-4-9(10)13-6/h2-5H,1H3,(H,14,15). The third-order valence-electron chi connectivity index (χ3n) is 2.14. The number of carboxylic acid groups (broad SMARTS) is 1. The summed E-state index contributed by atoms with van der Waals surface area (Å²) in [6, 6.07) is 6.69. The highest BCUT2D eigenvalue weighted by molar-refractivity contribution is 6.36. The van der Waals surface area contributed by atoms with E-state index in [1.165, 1.54) is 6.07 Å². The summed E-state index contributed by atoms with van der Waals surface area (Å²) in [6.07, 6.45) is 0. The van der Waals surface area contributed by atoms with Crippen LogP contribution in [0.3, 0.4) is 0 Å². The van der Waals surface area contributed by atoms with E-state index in [-0.39, 0.29) is 5.56 Å². The van der Waals surface area contributed by atoms with Crippen LogP contribution in [-0.2, 0) is 0 Å². The number of halogens is 1. The van der Waals surface area contributed by atoms with E-state index >= 15 is 0 Å². The van der Waals surface area contributed by atoms with Gasteiger partial charge in [-0.25, -0.2) is 4.79 Å². The number of benzene rings is 1. The van der Waals surface area contributed by atoms with Crippen LogP contribution < -0.4 is 0 Å². The zero-order valence-electron chi connectivity index (χ0n) is 7.99. The Bertz CT molecular complexity index is 552. The average Bonchev–Trinajstić information content (AvgIpc) is 2.16. The lowest BCUT2D eigenvalue weighted by atomic mass is 10.1. The fourth-order valence-corrected chi connectivity index (χ4v) is 1.82. The lowest BCUT2D eigenvalue weighted by Gasteiger charge is -2.05. The molecule has 0 spiro atoms. The average molecular weight is 222 g/mol. The molecular formula is C11H8ClNO2. The molecule has 76 valence electrons. The van der Waals surface area contributed by atoms with Crippen LogP contribution in [0.15, 0.2) is 24.3 Å². The van der Waals surface area contributed by atoms with Gasteiger partial charge in [-0.05, 0) is 25.1 Å². The molecule has 0 aliphatic rings. The van der Waals surface area contributed by atoms with E-state index in [4.69, 9.17) is 16.7 Å². The first kappa shape index (κ1) is 9.93. The molecule has 0 aliphatic carbocycles. The zero-order chi connectivity index (χ0) is 11.0. The van der Waals surface area contributed by atoms with Crippen LogP contribution in [0, 0.1) is 6.92 Å².